The van der Waals surface area contributed by atoms with E-state index in [-0.39, 0.29) is 38.3 Å². The molecule has 120 valence electrons. The van der Waals surface area contributed by atoms with Crippen LogP contribution in [0.4, 0.5) is 4.79 Å². The van der Waals surface area contributed by atoms with Crippen molar-refractivity contribution in [2.75, 3.05) is 32.8 Å². The van der Waals surface area contributed by atoms with Crippen LogP contribution >= 0.6 is 0 Å². The van der Waals surface area contributed by atoms with E-state index in [1.54, 1.807) is 4.90 Å². The fourth-order valence-electron chi connectivity index (χ4n) is 2.87. The summed E-state index contributed by atoms with van der Waals surface area (Å²) in [5.74, 6) is -1.08. The standard InChI is InChI=1S/C13H22N2O6/c16-5-6-21-10-1-3-14(4-2-10)13(20)15-8-9(17)7-11(15)12(18)19/h9-11,16-17H,1-8H2,(H,18,19)/t9-,11+/m1/s1. The number of aliphatic hydroxyl groups is 2. The van der Waals surface area contributed by atoms with Crippen LogP contribution in [0.5, 0.6) is 0 Å². The molecule has 3 N–H and O–H groups in total. The summed E-state index contributed by atoms with van der Waals surface area (Å²) in [4.78, 5) is 26.4. The van der Waals surface area contributed by atoms with Gasteiger partial charge in [0.15, 0.2) is 0 Å². The number of rotatable bonds is 4. The van der Waals surface area contributed by atoms with Crippen LogP contribution in [0.3, 0.4) is 0 Å². The number of piperidine rings is 1. The van der Waals surface area contributed by atoms with Crippen molar-refractivity contribution in [3.63, 3.8) is 0 Å². The molecule has 2 aliphatic heterocycles. The van der Waals surface area contributed by atoms with E-state index in [2.05, 4.69) is 0 Å². The van der Waals surface area contributed by atoms with Gasteiger partial charge in [-0.05, 0) is 12.8 Å². The third-order valence-electron chi connectivity index (χ3n) is 3.97. The molecule has 21 heavy (non-hydrogen) atoms. The predicted molar refractivity (Wildman–Crippen MR) is 71.8 cm³/mol. The van der Waals surface area contributed by atoms with Crippen LogP contribution < -0.4 is 0 Å². The molecule has 2 fully saturated rings. The minimum atomic E-state index is -1.08. The number of hydrogen-bond donors (Lipinski definition) is 3. The van der Waals surface area contributed by atoms with Gasteiger partial charge in [-0.1, -0.05) is 0 Å². The van der Waals surface area contributed by atoms with Crippen molar-refractivity contribution < 1.29 is 29.6 Å². The van der Waals surface area contributed by atoms with Crippen LogP contribution in [0.1, 0.15) is 19.3 Å². The maximum Gasteiger partial charge on any atom is 0.326 e. The summed E-state index contributed by atoms with van der Waals surface area (Å²) in [6, 6.07) is -1.28. The van der Waals surface area contributed by atoms with E-state index >= 15 is 0 Å². The Balaban J connectivity index is 1.88. The largest absolute Gasteiger partial charge is 0.480 e. The number of aliphatic hydroxyl groups excluding tert-OH is 2. The highest BCUT2D eigenvalue weighted by Crippen LogP contribution is 2.22. The van der Waals surface area contributed by atoms with Crippen molar-refractivity contribution in [3.8, 4) is 0 Å². The number of carbonyl (C=O) groups is 2. The molecule has 0 radical (unpaired) electrons. The Morgan fingerprint density at radius 2 is 1.90 bits per heavy atom. The van der Waals surface area contributed by atoms with Gasteiger partial charge in [0, 0.05) is 26.1 Å². The number of hydrogen-bond acceptors (Lipinski definition) is 5. The summed E-state index contributed by atoms with van der Waals surface area (Å²) in [5, 5.41) is 27.4. The number of carboxylic acid groups (broad SMARTS) is 1. The number of β-amino-alcohol motifs (C(OH)–C–C–N with tert-alkyl or cyclic N) is 1. The van der Waals surface area contributed by atoms with Crippen molar-refractivity contribution in [1.82, 2.24) is 9.80 Å². The first-order chi connectivity index (χ1) is 10.0. The molecule has 2 amide bonds. The molecule has 2 atom stereocenters. The molecule has 2 heterocycles. The Morgan fingerprint density at radius 1 is 1.24 bits per heavy atom. The topological polar surface area (TPSA) is 111 Å². The maximum absolute atomic E-state index is 12.4. The number of nitrogens with zero attached hydrogens (tertiary/aromatic N) is 2. The SMILES string of the molecule is O=C(O)[C@@H]1C[C@@H](O)CN1C(=O)N1CCC(OCCO)CC1. The highest BCUT2D eigenvalue weighted by atomic mass is 16.5. The number of likely N-dealkylation sites (tertiary alicyclic amines) is 2. The van der Waals surface area contributed by atoms with E-state index in [9.17, 15) is 14.7 Å². The Morgan fingerprint density at radius 3 is 2.48 bits per heavy atom. The average Bonchev–Trinajstić information content (AvgIpc) is 2.87. The van der Waals surface area contributed by atoms with Crippen molar-refractivity contribution in [3.05, 3.63) is 0 Å². The van der Waals surface area contributed by atoms with E-state index in [0.29, 0.717) is 25.9 Å². The molecule has 2 aliphatic rings. The lowest BCUT2D eigenvalue weighted by atomic mass is 10.1. The third kappa shape index (κ3) is 3.84. The molecule has 0 saturated carbocycles. The van der Waals surface area contributed by atoms with E-state index in [0.717, 1.165) is 0 Å². The highest BCUT2D eigenvalue weighted by molar-refractivity contribution is 5.83. The Hall–Kier alpha value is -1.38. The van der Waals surface area contributed by atoms with Gasteiger partial charge in [-0.2, -0.15) is 0 Å². The van der Waals surface area contributed by atoms with Gasteiger partial charge in [0.25, 0.3) is 0 Å². The van der Waals surface area contributed by atoms with Gasteiger partial charge < -0.3 is 29.9 Å². The van der Waals surface area contributed by atoms with Crippen molar-refractivity contribution in [2.24, 2.45) is 0 Å². The van der Waals surface area contributed by atoms with Gasteiger partial charge in [-0.25, -0.2) is 9.59 Å². The lowest BCUT2D eigenvalue weighted by molar-refractivity contribution is -0.141. The quantitative estimate of drug-likeness (QED) is 0.621. The monoisotopic (exact) mass is 302 g/mol. The molecule has 8 heteroatoms. The van der Waals surface area contributed by atoms with Gasteiger partial charge in [0.1, 0.15) is 6.04 Å². The van der Waals surface area contributed by atoms with Crippen LogP contribution in [0, 0.1) is 0 Å². The molecule has 0 aromatic carbocycles. The molecule has 0 aromatic rings. The molecule has 0 aromatic heterocycles. The fraction of sp³-hybridized carbons (Fsp3) is 0.846. The molecule has 0 unspecified atom stereocenters. The lowest BCUT2D eigenvalue weighted by Gasteiger charge is -2.35. The first kappa shape index (κ1) is 16.0. The zero-order valence-electron chi connectivity index (χ0n) is 11.8. The molecular weight excluding hydrogens is 280 g/mol. The molecule has 0 bridgehead atoms. The molecule has 0 spiro atoms. The summed E-state index contributed by atoms with van der Waals surface area (Å²) in [6.07, 6.45) is 0.665. The Labute approximate surface area is 122 Å². The van der Waals surface area contributed by atoms with Gasteiger partial charge in [0.05, 0.1) is 25.4 Å². The van der Waals surface area contributed by atoms with Gasteiger partial charge >= 0.3 is 12.0 Å². The van der Waals surface area contributed by atoms with E-state index in [1.165, 1.54) is 4.90 Å². The van der Waals surface area contributed by atoms with Crippen molar-refractivity contribution >= 4 is 12.0 Å². The van der Waals surface area contributed by atoms with E-state index in [1.807, 2.05) is 0 Å². The van der Waals surface area contributed by atoms with Gasteiger partial charge in [-0.3, -0.25) is 0 Å². The number of carboxylic acids is 1. The van der Waals surface area contributed by atoms with E-state index < -0.39 is 18.1 Å². The Bertz CT molecular complexity index is 383. The Kier molecular flexibility index (Phi) is 5.38. The summed E-state index contributed by atoms with van der Waals surface area (Å²) in [5.41, 5.74) is 0. The summed E-state index contributed by atoms with van der Waals surface area (Å²) in [6.45, 7) is 1.32. The lowest BCUT2D eigenvalue weighted by Crippen LogP contribution is -2.51. The number of aliphatic carboxylic acids is 1. The predicted octanol–water partition coefficient (Wildman–Crippen LogP) is -0.900. The van der Waals surface area contributed by atoms with Crippen LogP contribution in [0.15, 0.2) is 0 Å². The minimum absolute atomic E-state index is 0.0227. The second-order valence-corrected chi connectivity index (χ2v) is 5.46. The normalized spacial score (nSPS) is 27.1. The van der Waals surface area contributed by atoms with Crippen LogP contribution in [0.2, 0.25) is 0 Å². The van der Waals surface area contributed by atoms with Crippen LogP contribution in [0.25, 0.3) is 0 Å². The number of amides is 2. The van der Waals surface area contributed by atoms with Gasteiger partial charge in [-0.15, -0.1) is 0 Å². The zero-order valence-corrected chi connectivity index (χ0v) is 11.8. The number of carbonyl (C=O) groups excluding carboxylic acids is 1. The van der Waals surface area contributed by atoms with Crippen molar-refractivity contribution in [1.29, 1.82) is 0 Å². The fourth-order valence-corrected chi connectivity index (χ4v) is 2.87. The molecule has 2 rings (SSSR count). The van der Waals surface area contributed by atoms with Crippen LogP contribution in [-0.4, -0.2) is 88.2 Å². The second-order valence-electron chi connectivity index (χ2n) is 5.46. The molecule has 2 saturated heterocycles. The average molecular weight is 302 g/mol. The van der Waals surface area contributed by atoms with E-state index in [4.69, 9.17) is 14.9 Å². The summed E-state index contributed by atoms with van der Waals surface area (Å²) in [7, 11) is 0. The number of ether oxygens (including phenoxy) is 1. The van der Waals surface area contributed by atoms with Crippen LogP contribution in [-0.2, 0) is 9.53 Å². The number of urea groups is 1. The maximum atomic E-state index is 12.4. The van der Waals surface area contributed by atoms with Gasteiger partial charge in [0.2, 0.25) is 0 Å². The summed E-state index contributed by atoms with van der Waals surface area (Å²) < 4.78 is 5.43. The first-order valence-electron chi connectivity index (χ1n) is 7.21. The minimum Gasteiger partial charge on any atom is -0.480 e. The third-order valence-corrected chi connectivity index (χ3v) is 3.97. The molecule has 0 aliphatic carbocycles. The highest BCUT2D eigenvalue weighted by Gasteiger charge is 2.41. The summed E-state index contributed by atoms with van der Waals surface area (Å²) >= 11 is 0. The second kappa shape index (κ2) is 7.06. The zero-order chi connectivity index (χ0) is 15.4. The smallest absolute Gasteiger partial charge is 0.326 e. The first-order valence-corrected chi connectivity index (χ1v) is 7.21. The molecular formula is C13H22N2O6. The molecule has 8 nitrogen and oxygen atoms in total. The van der Waals surface area contributed by atoms with Crippen molar-refractivity contribution in [2.45, 2.75) is 37.5 Å².